The van der Waals surface area contributed by atoms with Crippen molar-refractivity contribution in [3.8, 4) is 0 Å². The number of carbonyl (C=O) groups is 1. The highest BCUT2D eigenvalue weighted by molar-refractivity contribution is 5.80. The Morgan fingerprint density at radius 1 is 1.78 bits per heavy atom. The van der Waals surface area contributed by atoms with Gasteiger partial charge >= 0.3 is 5.97 Å². The lowest BCUT2D eigenvalue weighted by Gasteiger charge is -1.92. The van der Waals surface area contributed by atoms with Gasteiger partial charge in [-0.25, -0.2) is 4.79 Å². The van der Waals surface area contributed by atoms with Crippen molar-refractivity contribution in [2.75, 3.05) is 6.54 Å². The molecule has 0 aliphatic heterocycles. The maximum Gasteiger partial charge on any atom is 0.328 e. The van der Waals surface area contributed by atoms with Crippen molar-refractivity contribution in [2.24, 2.45) is 5.73 Å². The molecule has 9 heavy (non-hydrogen) atoms. The van der Waals surface area contributed by atoms with Crippen LogP contribution in [0.4, 0.5) is 0 Å². The fourth-order valence-electron chi connectivity index (χ4n) is 0.511. The average molecular weight is 129 g/mol. The number of carboxylic acid groups (broad SMARTS) is 1. The number of rotatable bonds is 3. The lowest BCUT2D eigenvalue weighted by molar-refractivity contribution is -0.131. The third-order valence-electron chi connectivity index (χ3n) is 0.909. The van der Waals surface area contributed by atoms with Crippen LogP contribution in [0.15, 0.2) is 11.6 Å². The van der Waals surface area contributed by atoms with Gasteiger partial charge in [-0.3, -0.25) is 0 Å². The third kappa shape index (κ3) is 5.03. The van der Waals surface area contributed by atoms with Crippen LogP contribution in [0.25, 0.3) is 0 Å². The van der Waals surface area contributed by atoms with E-state index in [0.717, 1.165) is 5.57 Å². The first kappa shape index (κ1) is 8.17. The van der Waals surface area contributed by atoms with Gasteiger partial charge in [-0.1, -0.05) is 5.57 Å². The zero-order valence-corrected chi connectivity index (χ0v) is 5.42. The standard InChI is InChI=1S/C6H11NO2/c1-5(2-3-7)4-6(8)9/h4H,2-3,7H2,1H3,(H,8,9)/b5-4-. The second-order valence-corrected chi connectivity index (χ2v) is 1.87. The highest BCUT2D eigenvalue weighted by Gasteiger charge is 1.90. The highest BCUT2D eigenvalue weighted by Crippen LogP contribution is 1.95. The van der Waals surface area contributed by atoms with Crippen LogP contribution in [-0.2, 0) is 4.79 Å². The summed E-state index contributed by atoms with van der Waals surface area (Å²) in [4.78, 5) is 9.97. The second-order valence-electron chi connectivity index (χ2n) is 1.87. The van der Waals surface area contributed by atoms with Gasteiger partial charge in [0.15, 0.2) is 0 Å². The van der Waals surface area contributed by atoms with Crippen LogP contribution >= 0.6 is 0 Å². The first-order valence-electron chi connectivity index (χ1n) is 2.77. The molecule has 3 N–H and O–H groups in total. The normalized spacial score (nSPS) is 11.6. The van der Waals surface area contributed by atoms with Crippen molar-refractivity contribution in [2.45, 2.75) is 13.3 Å². The maximum atomic E-state index is 9.97. The third-order valence-corrected chi connectivity index (χ3v) is 0.909. The Morgan fingerprint density at radius 2 is 2.33 bits per heavy atom. The summed E-state index contributed by atoms with van der Waals surface area (Å²) >= 11 is 0. The van der Waals surface area contributed by atoms with E-state index in [0.29, 0.717) is 13.0 Å². The number of hydrogen-bond acceptors (Lipinski definition) is 2. The highest BCUT2D eigenvalue weighted by atomic mass is 16.4. The van der Waals surface area contributed by atoms with Crippen LogP contribution < -0.4 is 5.73 Å². The molecule has 0 saturated carbocycles. The molecule has 0 fully saturated rings. The first-order chi connectivity index (χ1) is 4.16. The predicted octanol–water partition coefficient (Wildman–Crippen LogP) is 0.366. The molecule has 0 radical (unpaired) electrons. The van der Waals surface area contributed by atoms with Gasteiger partial charge in [0.05, 0.1) is 0 Å². The van der Waals surface area contributed by atoms with Crippen LogP contribution in [0.3, 0.4) is 0 Å². The number of hydrogen-bond donors (Lipinski definition) is 2. The minimum Gasteiger partial charge on any atom is -0.478 e. The van der Waals surface area contributed by atoms with Crippen molar-refractivity contribution in [3.63, 3.8) is 0 Å². The average Bonchev–Trinajstić information content (AvgIpc) is 1.63. The van der Waals surface area contributed by atoms with Gasteiger partial charge < -0.3 is 10.8 Å². The summed E-state index contributed by atoms with van der Waals surface area (Å²) in [6.07, 6.45) is 1.83. The van der Waals surface area contributed by atoms with Crippen molar-refractivity contribution < 1.29 is 9.90 Å². The Hall–Kier alpha value is -0.830. The molecule has 0 rings (SSSR count). The van der Waals surface area contributed by atoms with E-state index in [-0.39, 0.29) is 0 Å². The van der Waals surface area contributed by atoms with E-state index in [1.807, 2.05) is 0 Å². The Bertz CT molecular complexity index is 129. The lowest BCUT2D eigenvalue weighted by Crippen LogP contribution is -2.00. The Morgan fingerprint density at radius 3 is 2.67 bits per heavy atom. The van der Waals surface area contributed by atoms with Crippen molar-refractivity contribution in [3.05, 3.63) is 11.6 Å². The first-order valence-corrected chi connectivity index (χ1v) is 2.77. The van der Waals surface area contributed by atoms with E-state index in [1.54, 1.807) is 6.92 Å². The predicted molar refractivity (Wildman–Crippen MR) is 35.1 cm³/mol. The molecule has 0 amide bonds. The number of aliphatic carboxylic acids is 1. The molecule has 0 aromatic rings. The van der Waals surface area contributed by atoms with Crippen LogP contribution in [0.2, 0.25) is 0 Å². The molecular formula is C6H11NO2. The summed E-state index contributed by atoms with van der Waals surface area (Å²) in [6.45, 7) is 2.26. The molecule has 52 valence electrons. The Labute approximate surface area is 54.2 Å². The van der Waals surface area contributed by atoms with E-state index in [1.165, 1.54) is 6.08 Å². The van der Waals surface area contributed by atoms with Gasteiger partial charge in [0.2, 0.25) is 0 Å². The molecule has 3 nitrogen and oxygen atoms in total. The van der Waals surface area contributed by atoms with Crippen molar-refractivity contribution in [1.29, 1.82) is 0 Å². The molecule has 0 aromatic heterocycles. The van der Waals surface area contributed by atoms with Crippen LogP contribution in [-0.4, -0.2) is 17.6 Å². The van der Waals surface area contributed by atoms with E-state index in [4.69, 9.17) is 10.8 Å². The van der Waals surface area contributed by atoms with Crippen molar-refractivity contribution >= 4 is 5.97 Å². The summed E-state index contributed by atoms with van der Waals surface area (Å²) in [7, 11) is 0. The molecule has 0 bridgehead atoms. The Balaban J connectivity index is 3.69. The molecule has 0 unspecified atom stereocenters. The molecule has 0 atom stereocenters. The smallest absolute Gasteiger partial charge is 0.328 e. The molecule has 0 aliphatic carbocycles. The van der Waals surface area contributed by atoms with Gasteiger partial charge in [-0.15, -0.1) is 0 Å². The fraction of sp³-hybridized carbons (Fsp3) is 0.500. The molecule has 0 spiro atoms. The molecule has 0 saturated heterocycles. The molecule has 0 aromatic carbocycles. The SMILES string of the molecule is C/C(=C/C(=O)O)CCN. The second kappa shape index (κ2) is 4.09. The van der Waals surface area contributed by atoms with Crippen LogP contribution in [0.1, 0.15) is 13.3 Å². The summed E-state index contributed by atoms with van der Waals surface area (Å²) in [5.41, 5.74) is 5.98. The fourth-order valence-corrected chi connectivity index (χ4v) is 0.511. The molecule has 0 heterocycles. The minimum atomic E-state index is -0.902. The largest absolute Gasteiger partial charge is 0.478 e. The summed E-state index contributed by atoms with van der Waals surface area (Å²) < 4.78 is 0. The number of carboxylic acids is 1. The van der Waals surface area contributed by atoms with Gasteiger partial charge in [-0.05, 0) is 19.9 Å². The van der Waals surface area contributed by atoms with E-state index in [2.05, 4.69) is 0 Å². The van der Waals surface area contributed by atoms with E-state index in [9.17, 15) is 4.79 Å². The molecular weight excluding hydrogens is 118 g/mol. The van der Waals surface area contributed by atoms with Crippen LogP contribution in [0.5, 0.6) is 0 Å². The Kier molecular flexibility index (Phi) is 3.71. The van der Waals surface area contributed by atoms with Crippen molar-refractivity contribution in [1.82, 2.24) is 0 Å². The van der Waals surface area contributed by atoms with Gasteiger partial charge in [-0.2, -0.15) is 0 Å². The summed E-state index contributed by atoms with van der Waals surface area (Å²) in [5, 5.41) is 8.19. The maximum absolute atomic E-state index is 9.97. The van der Waals surface area contributed by atoms with Gasteiger partial charge in [0, 0.05) is 6.08 Å². The molecule has 3 heteroatoms. The van der Waals surface area contributed by atoms with Gasteiger partial charge in [0.1, 0.15) is 0 Å². The zero-order valence-electron chi connectivity index (χ0n) is 5.42. The van der Waals surface area contributed by atoms with E-state index >= 15 is 0 Å². The quantitative estimate of drug-likeness (QED) is 0.541. The molecule has 0 aliphatic rings. The van der Waals surface area contributed by atoms with E-state index < -0.39 is 5.97 Å². The summed E-state index contributed by atoms with van der Waals surface area (Å²) in [6, 6.07) is 0. The van der Waals surface area contributed by atoms with Gasteiger partial charge in [0.25, 0.3) is 0 Å². The minimum absolute atomic E-state index is 0.510. The lowest BCUT2D eigenvalue weighted by atomic mass is 10.2. The topological polar surface area (TPSA) is 63.3 Å². The van der Waals surface area contributed by atoms with Crippen LogP contribution in [0, 0.1) is 0 Å². The number of nitrogens with two attached hydrogens (primary N) is 1. The zero-order chi connectivity index (χ0) is 7.28. The summed E-state index contributed by atoms with van der Waals surface area (Å²) in [5.74, 6) is -0.902. The monoisotopic (exact) mass is 129 g/mol.